The quantitative estimate of drug-likeness (QED) is 0.249. The van der Waals surface area contributed by atoms with E-state index in [1.54, 1.807) is 12.1 Å². The molecular weight excluding hydrogens is 484 g/mol. The van der Waals surface area contributed by atoms with E-state index < -0.39 is 30.1 Å². The number of ether oxygens (including phenoxy) is 4. The number of nitrogens with one attached hydrogen (secondary N) is 1. The highest BCUT2D eigenvalue weighted by molar-refractivity contribution is 5.96. The van der Waals surface area contributed by atoms with Gasteiger partial charge in [0.2, 0.25) is 11.8 Å². The topological polar surface area (TPSA) is 144 Å². The molecule has 4 unspecified atom stereocenters. The van der Waals surface area contributed by atoms with Crippen LogP contribution in [0, 0.1) is 0 Å². The van der Waals surface area contributed by atoms with Crippen LogP contribution in [-0.4, -0.2) is 105 Å². The lowest BCUT2D eigenvalue weighted by Gasteiger charge is -2.40. The molecule has 0 saturated heterocycles. The molecule has 0 fully saturated rings. The number of fused-ring (bicyclic) bond motifs is 3. The maximum Gasteiger partial charge on any atom is 0.249 e. The summed E-state index contributed by atoms with van der Waals surface area (Å²) in [5.41, 5.74) is 1.11. The molecule has 0 spiro atoms. The van der Waals surface area contributed by atoms with Gasteiger partial charge in [-0.15, -0.1) is 0 Å². The standard InChI is InChI=1S/C26H36N2O9/c1-15(2)36-9-5-7-28(21(31)14-34-3)19-12-18(26(33)27-6-8-29)22-17-10-16(13-30)11-20(35-4)24(17)37-25(22)23(19)32/h10-13,15,19,22-23,25,29,32H,5-9,14H2,1-4H3,(H,27,33). The summed E-state index contributed by atoms with van der Waals surface area (Å²) in [6, 6.07) is 2.22. The molecule has 1 aromatic rings. The van der Waals surface area contributed by atoms with Gasteiger partial charge in [-0.05, 0) is 38.5 Å². The van der Waals surface area contributed by atoms with Crippen molar-refractivity contribution in [3.05, 3.63) is 34.9 Å². The van der Waals surface area contributed by atoms with E-state index in [1.165, 1.54) is 25.2 Å². The number of nitrogens with zero attached hydrogens (tertiary/aromatic N) is 1. The first-order valence-corrected chi connectivity index (χ1v) is 12.3. The van der Waals surface area contributed by atoms with Crippen LogP contribution >= 0.6 is 0 Å². The number of benzene rings is 1. The lowest BCUT2D eigenvalue weighted by Crippen LogP contribution is -2.56. The van der Waals surface area contributed by atoms with E-state index in [2.05, 4.69) is 5.32 Å². The highest BCUT2D eigenvalue weighted by atomic mass is 16.5. The molecule has 4 atom stereocenters. The van der Waals surface area contributed by atoms with Crippen molar-refractivity contribution in [1.82, 2.24) is 10.2 Å². The third kappa shape index (κ3) is 6.30. The van der Waals surface area contributed by atoms with E-state index in [0.717, 1.165) is 0 Å². The number of rotatable bonds is 13. The van der Waals surface area contributed by atoms with Crippen LogP contribution in [0.25, 0.3) is 0 Å². The molecular formula is C26H36N2O9. The van der Waals surface area contributed by atoms with Gasteiger partial charge in [0, 0.05) is 43.5 Å². The maximum atomic E-state index is 13.2. The molecule has 1 aliphatic heterocycles. The van der Waals surface area contributed by atoms with Gasteiger partial charge in [0.05, 0.1) is 31.8 Å². The van der Waals surface area contributed by atoms with Crippen molar-refractivity contribution < 1.29 is 43.5 Å². The number of aliphatic hydroxyl groups excluding tert-OH is 2. The second-order valence-corrected chi connectivity index (χ2v) is 9.20. The van der Waals surface area contributed by atoms with Crippen LogP contribution in [0.1, 0.15) is 42.1 Å². The first-order chi connectivity index (χ1) is 17.8. The van der Waals surface area contributed by atoms with Crippen molar-refractivity contribution in [3.63, 3.8) is 0 Å². The highest BCUT2D eigenvalue weighted by Crippen LogP contribution is 2.51. The Morgan fingerprint density at radius 1 is 1.27 bits per heavy atom. The molecule has 1 aromatic carbocycles. The molecule has 2 aliphatic rings. The van der Waals surface area contributed by atoms with Crippen molar-refractivity contribution in [2.45, 2.75) is 50.5 Å². The van der Waals surface area contributed by atoms with Crippen LogP contribution in [0.5, 0.6) is 11.5 Å². The molecule has 2 amide bonds. The van der Waals surface area contributed by atoms with Gasteiger partial charge in [-0.25, -0.2) is 0 Å². The number of aldehydes is 1. The smallest absolute Gasteiger partial charge is 0.249 e. The monoisotopic (exact) mass is 520 g/mol. The van der Waals surface area contributed by atoms with Gasteiger partial charge in [0.25, 0.3) is 0 Å². The predicted molar refractivity (Wildman–Crippen MR) is 133 cm³/mol. The van der Waals surface area contributed by atoms with Gasteiger partial charge in [-0.3, -0.25) is 14.4 Å². The zero-order valence-corrected chi connectivity index (χ0v) is 21.6. The zero-order valence-electron chi connectivity index (χ0n) is 21.6. The summed E-state index contributed by atoms with van der Waals surface area (Å²) in [6.07, 6.45) is 0.625. The minimum absolute atomic E-state index is 0.0189. The number of hydrogen-bond acceptors (Lipinski definition) is 9. The molecule has 0 radical (unpaired) electrons. The highest BCUT2D eigenvalue weighted by Gasteiger charge is 2.51. The van der Waals surface area contributed by atoms with E-state index in [4.69, 9.17) is 18.9 Å². The van der Waals surface area contributed by atoms with Crippen molar-refractivity contribution in [3.8, 4) is 11.5 Å². The number of carbonyl (C=O) groups is 3. The van der Waals surface area contributed by atoms with E-state index in [0.29, 0.717) is 41.9 Å². The normalized spacial score (nSPS) is 22.0. The lowest BCUT2D eigenvalue weighted by molar-refractivity contribution is -0.141. The fraction of sp³-hybridized carbons (Fsp3) is 0.577. The SMILES string of the molecule is COCC(=O)N(CCCOC(C)C)C1C=C(C(=O)NCCO)C2c3cc(C=O)cc(OC)c3OC2C1O. The Bertz CT molecular complexity index is 1010. The fourth-order valence-electron chi connectivity index (χ4n) is 4.76. The number of hydrogen-bond donors (Lipinski definition) is 3. The summed E-state index contributed by atoms with van der Waals surface area (Å²) in [4.78, 5) is 39.3. The largest absolute Gasteiger partial charge is 0.493 e. The Balaban J connectivity index is 2.04. The molecule has 11 heteroatoms. The number of methoxy groups -OCH3 is 2. The van der Waals surface area contributed by atoms with Crippen LogP contribution in [0.3, 0.4) is 0 Å². The van der Waals surface area contributed by atoms with Crippen molar-refractivity contribution in [2.75, 3.05) is 47.1 Å². The molecule has 37 heavy (non-hydrogen) atoms. The van der Waals surface area contributed by atoms with Gasteiger partial charge >= 0.3 is 0 Å². The molecule has 1 aliphatic carbocycles. The Hall–Kier alpha value is -2.99. The van der Waals surface area contributed by atoms with E-state index in [1.807, 2.05) is 13.8 Å². The predicted octanol–water partition coefficient (Wildman–Crippen LogP) is 0.420. The number of aliphatic hydroxyl groups is 2. The molecule has 3 N–H and O–H groups in total. The third-order valence-electron chi connectivity index (χ3n) is 6.35. The van der Waals surface area contributed by atoms with E-state index >= 15 is 0 Å². The Morgan fingerprint density at radius 3 is 2.65 bits per heavy atom. The van der Waals surface area contributed by atoms with E-state index in [-0.39, 0.29) is 43.9 Å². The molecule has 11 nitrogen and oxygen atoms in total. The van der Waals surface area contributed by atoms with Crippen LogP contribution < -0.4 is 14.8 Å². The Labute approximate surface area is 216 Å². The maximum absolute atomic E-state index is 13.2. The van der Waals surface area contributed by atoms with Gasteiger partial charge in [-0.1, -0.05) is 0 Å². The van der Waals surface area contributed by atoms with Crippen molar-refractivity contribution >= 4 is 18.1 Å². The summed E-state index contributed by atoms with van der Waals surface area (Å²) in [5.74, 6) is -0.945. The Kier molecular flexibility index (Phi) is 10.0. The van der Waals surface area contributed by atoms with Gasteiger partial charge in [-0.2, -0.15) is 0 Å². The number of amides is 2. The van der Waals surface area contributed by atoms with E-state index in [9.17, 15) is 24.6 Å². The minimum Gasteiger partial charge on any atom is -0.493 e. The molecule has 0 bridgehead atoms. The average Bonchev–Trinajstić information content (AvgIpc) is 3.27. The lowest BCUT2D eigenvalue weighted by atomic mass is 9.77. The minimum atomic E-state index is -1.21. The van der Waals surface area contributed by atoms with Gasteiger partial charge in [0.1, 0.15) is 25.1 Å². The van der Waals surface area contributed by atoms with Gasteiger partial charge < -0.3 is 39.4 Å². The average molecular weight is 521 g/mol. The second kappa shape index (κ2) is 13.0. The van der Waals surface area contributed by atoms with Crippen molar-refractivity contribution in [2.24, 2.45) is 0 Å². The Morgan fingerprint density at radius 2 is 2.03 bits per heavy atom. The van der Waals surface area contributed by atoms with Crippen LogP contribution in [0.15, 0.2) is 23.8 Å². The summed E-state index contributed by atoms with van der Waals surface area (Å²) in [5, 5.41) is 23.4. The molecule has 1 heterocycles. The fourth-order valence-corrected chi connectivity index (χ4v) is 4.76. The summed E-state index contributed by atoms with van der Waals surface area (Å²) in [7, 11) is 2.84. The summed E-state index contributed by atoms with van der Waals surface area (Å²) < 4.78 is 22.2. The van der Waals surface area contributed by atoms with Crippen LogP contribution in [0.2, 0.25) is 0 Å². The molecule has 3 rings (SSSR count). The summed E-state index contributed by atoms with van der Waals surface area (Å²) in [6.45, 7) is 4.04. The zero-order chi connectivity index (χ0) is 27.1. The third-order valence-corrected chi connectivity index (χ3v) is 6.35. The molecule has 0 saturated carbocycles. The second-order valence-electron chi connectivity index (χ2n) is 9.20. The van der Waals surface area contributed by atoms with Crippen LogP contribution in [-0.2, 0) is 19.1 Å². The van der Waals surface area contributed by atoms with Gasteiger partial charge in [0.15, 0.2) is 11.5 Å². The number of carbonyl (C=O) groups excluding carboxylic acids is 3. The first-order valence-electron chi connectivity index (χ1n) is 12.3. The first kappa shape index (κ1) is 28.6. The summed E-state index contributed by atoms with van der Waals surface area (Å²) >= 11 is 0. The molecule has 204 valence electrons. The van der Waals surface area contributed by atoms with Crippen molar-refractivity contribution in [1.29, 1.82) is 0 Å². The van der Waals surface area contributed by atoms with Crippen LogP contribution in [0.4, 0.5) is 0 Å². The molecule has 0 aromatic heterocycles.